The number of aliphatic hydroxyl groups excluding tert-OH is 1. The third kappa shape index (κ3) is 4.33. The molecule has 1 aromatic heterocycles. The Balaban J connectivity index is 2.61. The van der Waals surface area contributed by atoms with Gasteiger partial charge < -0.3 is 15.7 Å². The molecule has 3 N–H and O–H groups in total. The Labute approximate surface area is 108 Å². The summed E-state index contributed by atoms with van der Waals surface area (Å²) < 4.78 is 0. The van der Waals surface area contributed by atoms with Crippen LogP contribution in [0.1, 0.15) is 26.5 Å². The molecule has 0 bridgehead atoms. The standard InChI is InChI=1S/C13H21N3O2/c1-9-7-10(5-6-14-9)15-12(18)16-11(8-17)13(2,3)4/h5-7,11,17H,8H2,1-4H3,(H2,14,15,16,18)/t11-/m1/s1. The number of aromatic nitrogens is 1. The molecule has 0 aliphatic heterocycles. The van der Waals surface area contributed by atoms with Crippen molar-refractivity contribution in [1.82, 2.24) is 10.3 Å². The van der Waals surface area contributed by atoms with Crippen molar-refractivity contribution in [2.45, 2.75) is 33.7 Å². The molecule has 100 valence electrons. The molecule has 5 heteroatoms. The SMILES string of the molecule is Cc1cc(NC(=O)N[C@H](CO)C(C)(C)C)ccn1. The lowest BCUT2D eigenvalue weighted by molar-refractivity contribution is 0.162. The zero-order chi connectivity index (χ0) is 13.8. The molecule has 0 spiro atoms. The molecule has 0 unspecified atom stereocenters. The van der Waals surface area contributed by atoms with Gasteiger partial charge in [0.25, 0.3) is 0 Å². The van der Waals surface area contributed by atoms with Crippen LogP contribution in [0.15, 0.2) is 18.3 Å². The maximum Gasteiger partial charge on any atom is 0.319 e. The van der Waals surface area contributed by atoms with E-state index < -0.39 is 0 Å². The summed E-state index contributed by atoms with van der Waals surface area (Å²) >= 11 is 0. The largest absolute Gasteiger partial charge is 0.394 e. The molecule has 18 heavy (non-hydrogen) atoms. The van der Waals surface area contributed by atoms with Crippen molar-refractivity contribution in [2.75, 3.05) is 11.9 Å². The zero-order valence-electron chi connectivity index (χ0n) is 11.3. The van der Waals surface area contributed by atoms with Crippen molar-refractivity contribution in [3.63, 3.8) is 0 Å². The Morgan fingerprint density at radius 1 is 1.50 bits per heavy atom. The first-order valence-corrected chi connectivity index (χ1v) is 5.94. The van der Waals surface area contributed by atoms with E-state index in [1.165, 1.54) is 0 Å². The summed E-state index contributed by atoms with van der Waals surface area (Å²) in [7, 11) is 0. The topological polar surface area (TPSA) is 74.2 Å². The van der Waals surface area contributed by atoms with Gasteiger partial charge in [0.1, 0.15) is 0 Å². The number of amides is 2. The van der Waals surface area contributed by atoms with Crippen LogP contribution < -0.4 is 10.6 Å². The lowest BCUT2D eigenvalue weighted by Crippen LogP contribution is -2.47. The number of pyridine rings is 1. The van der Waals surface area contributed by atoms with Crippen LogP contribution in [0.2, 0.25) is 0 Å². The fourth-order valence-corrected chi connectivity index (χ4v) is 1.48. The van der Waals surface area contributed by atoms with Crippen molar-refractivity contribution in [3.05, 3.63) is 24.0 Å². The highest BCUT2D eigenvalue weighted by Gasteiger charge is 2.25. The fourth-order valence-electron chi connectivity index (χ4n) is 1.48. The van der Waals surface area contributed by atoms with Crippen molar-refractivity contribution >= 4 is 11.7 Å². The summed E-state index contributed by atoms with van der Waals surface area (Å²) in [4.78, 5) is 15.8. The molecular weight excluding hydrogens is 230 g/mol. The van der Waals surface area contributed by atoms with Crippen LogP contribution in [0, 0.1) is 12.3 Å². The summed E-state index contributed by atoms with van der Waals surface area (Å²) in [5.41, 5.74) is 1.33. The first-order chi connectivity index (χ1) is 8.32. The van der Waals surface area contributed by atoms with E-state index in [-0.39, 0.29) is 24.1 Å². The van der Waals surface area contributed by atoms with E-state index >= 15 is 0 Å². The van der Waals surface area contributed by atoms with E-state index in [1.807, 2.05) is 27.7 Å². The molecule has 0 saturated carbocycles. The lowest BCUT2D eigenvalue weighted by atomic mass is 9.87. The summed E-state index contributed by atoms with van der Waals surface area (Å²) in [5, 5.41) is 14.7. The van der Waals surface area contributed by atoms with Crippen LogP contribution in [0.3, 0.4) is 0 Å². The minimum atomic E-state index is -0.324. The van der Waals surface area contributed by atoms with Crippen LogP contribution in [0.5, 0.6) is 0 Å². The number of hydrogen-bond donors (Lipinski definition) is 3. The molecule has 0 aliphatic carbocycles. The third-order valence-electron chi connectivity index (χ3n) is 2.69. The Kier molecular flexibility index (Phi) is 4.67. The van der Waals surface area contributed by atoms with Gasteiger partial charge in [-0.15, -0.1) is 0 Å². The van der Waals surface area contributed by atoms with Crippen molar-refractivity contribution in [2.24, 2.45) is 5.41 Å². The fraction of sp³-hybridized carbons (Fsp3) is 0.538. The van der Waals surface area contributed by atoms with Crippen LogP contribution in [0.4, 0.5) is 10.5 Å². The summed E-state index contributed by atoms with van der Waals surface area (Å²) in [5.74, 6) is 0. The van der Waals surface area contributed by atoms with Gasteiger partial charge in [0, 0.05) is 17.6 Å². The minimum absolute atomic E-state index is 0.0910. The van der Waals surface area contributed by atoms with Gasteiger partial charge in [-0.2, -0.15) is 0 Å². The number of carbonyl (C=O) groups is 1. The molecule has 1 rings (SSSR count). The van der Waals surface area contributed by atoms with Crippen molar-refractivity contribution in [1.29, 1.82) is 0 Å². The van der Waals surface area contributed by atoms with E-state index in [0.717, 1.165) is 5.69 Å². The molecule has 0 aromatic carbocycles. The number of nitrogens with one attached hydrogen (secondary N) is 2. The first-order valence-electron chi connectivity index (χ1n) is 5.94. The number of nitrogens with zero attached hydrogens (tertiary/aromatic N) is 1. The molecule has 5 nitrogen and oxygen atoms in total. The average Bonchev–Trinajstić information content (AvgIpc) is 2.24. The summed E-state index contributed by atoms with van der Waals surface area (Å²) in [6.45, 7) is 7.65. The number of anilines is 1. The highest BCUT2D eigenvalue weighted by atomic mass is 16.3. The smallest absolute Gasteiger partial charge is 0.319 e. The van der Waals surface area contributed by atoms with E-state index in [1.54, 1.807) is 18.3 Å². The molecule has 0 saturated heterocycles. The van der Waals surface area contributed by atoms with Gasteiger partial charge in [-0.1, -0.05) is 20.8 Å². The second-order valence-corrected chi connectivity index (χ2v) is 5.39. The number of urea groups is 1. The molecule has 2 amide bonds. The molecule has 1 aromatic rings. The first kappa shape index (κ1) is 14.4. The normalized spacial score (nSPS) is 12.9. The van der Waals surface area contributed by atoms with Gasteiger partial charge in [-0.3, -0.25) is 4.98 Å². The van der Waals surface area contributed by atoms with E-state index in [9.17, 15) is 9.90 Å². The third-order valence-corrected chi connectivity index (χ3v) is 2.69. The van der Waals surface area contributed by atoms with Crippen LogP contribution >= 0.6 is 0 Å². The highest BCUT2D eigenvalue weighted by Crippen LogP contribution is 2.18. The monoisotopic (exact) mass is 251 g/mol. The van der Waals surface area contributed by atoms with Crippen molar-refractivity contribution < 1.29 is 9.90 Å². The molecular formula is C13H21N3O2. The van der Waals surface area contributed by atoms with Gasteiger partial charge >= 0.3 is 6.03 Å². The van der Waals surface area contributed by atoms with Gasteiger partial charge in [-0.25, -0.2) is 4.79 Å². The van der Waals surface area contributed by atoms with E-state index in [0.29, 0.717) is 5.69 Å². The molecule has 0 radical (unpaired) electrons. The molecule has 0 aliphatic rings. The number of aryl methyl sites for hydroxylation is 1. The second-order valence-electron chi connectivity index (χ2n) is 5.39. The Morgan fingerprint density at radius 2 is 2.17 bits per heavy atom. The predicted molar refractivity (Wildman–Crippen MR) is 71.5 cm³/mol. The molecule has 1 heterocycles. The highest BCUT2D eigenvalue weighted by molar-refractivity contribution is 5.89. The van der Waals surface area contributed by atoms with Crippen molar-refractivity contribution in [3.8, 4) is 0 Å². The predicted octanol–water partition coefficient (Wildman–Crippen LogP) is 1.92. The van der Waals surface area contributed by atoms with Crippen LogP contribution in [-0.2, 0) is 0 Å². The quantitative estimate of drug-likeness (QED) is 0.768. The summed E-state index contributed by atoms with van der Waals surface area (Å²) in [6, 6.07) is 2.89. The number of aliphatic hydroxyl groups is 1. The van der Waals surface area contributed by atoms with Gasteiger partial charge in [0.15, 0.2) is 0 Å². The second kappa shape index (κ2) is 5.82. The lowest BCUT2D eigenvalue weighted by Gasteiger charge is -2.29. The van der Waals surface area contributed by atoms with Gasteiger partial charge in [0.05, 0.1) is 12.6 Å². The van der Waals surface area contributed by atoms with E-state index in [2.05, 4.69) is 15.6 Å². The number of rotatable bonds is 3. The maximum absolute atomic E-state index is 11.8. The Bertz CT molecular complexity index is 413. The molecule has 1 atom stereocenters. The Hall–Kier alpha value is -1.62. The Morgan fingerprint density at radius 3 is 2.67 bits per heavy atom. The minimum Gasteiger partial charge on any atom is -0.394 e. The number of carbonyl (C=O) groups excluding carboxylic acids is 1. The van der Waals surface area contributed by atoms with Gasteiger partial charge in [0.2, 0.25) is 0 Å². The van der Waals surface area contributed by atoms with Crippen LogP contribution in [0.25, 0.3) is 0 Å². The molecule has 0 fully saturated rings. The average molecular weight is 251 g/mol. The van der Waals surface area contributed by atoms with Crippen LogP contribution in [-0.4, -0.2) is 28.8 Å². The van der Waals surface area contributed by atoms with Gasteiger partial charge in [-0.05, 0) is 24.5 Å². The number of hydrogen-bond acceptors (Lipinski definition) is 3. The summed E-state index contributed by atoms with van der Waals surface area (Å²) in [6.07, 6.45) is 1.64. The maximum atomic E-state index is 11.8. The zero-order valence-corrected chi connectivity index (χ0v) is 11.3. The van der Waals surface area contributed by atoms with E-state index in [4.69, 9.17) is 0 Å².